The van der Waals surface area contributed by atoms with E-state index in [2.05, 4.69) is 25.9 Å². The van der Waals surface area contributed by atoms with Crippen molar-refractivity contribution >= 4 is 17.7 Å². The summed E-state index contributed by atoms with van der Waals surface area (Å²) >= 11 is 0. The van der Waals surface area contributed by atoms with Crippen molar-refractivity contribution in [3.05, 3.63) is 54.2 Å². The molecule has 3 N–H and O–H groups in total. The topological polar surface area (TPSA) is 87.6 Å². The Hall–Kier alpha value is -3.09. The monoisotopic (exact) mass is 355 g/mol. The van der Waals surface area contributed by atoms with Gasteiger partial charge in [0.15, 0.2) is 5.96 Å². The molecule has 0 fully saturated rings. The van der Waals surface area contributed by atoms with Gasteiger partial charge in [-0.25, -0.2) is 4.98 Å². The second kappa shape index (κ2) is 10.7. The van der Waals surface area contributed by atoms with Crippen molar-refractivity contribution in [3.63, 3.8) is 0 Å². The van der Waals surface area contributed by atoms with Gasteiger partial charge in [-0.1, -0.05) is 24.3 Å². The van der Waals surface area contributed by atoms with Crippen LogP contribution in [0.2, 0.25) is 0 Å². The third kappa shape index (κ3) is 7.21. The number of pyridine rings is 1. The van der Waals surface area contributed by atoms with Crippen molar-refractivity contribution in [2.75, 3.05) is 32.1 Å². The summed E-state index contributed by atoms with van der Waals surface area (Å²) in [4.78, 5) is 20.2. The number of para-hydroxylation sites is 1. The molecule has 2 aromatic rings. The molecule has 26 heavy (non-hydrogen) atoms. The highest BCUT2D eigenvalue weighted by molar-refractivity contribution is 5.90. The largest absolute Gasteiger partial charge is 0.492 e. The van der Waals surface area contributed by atoms with Gasteiger partial charge < -0.3 is 20.7 Å². The van der Waals surface area contributed by atoms with E-state index in [0.717, 1.165) is 11.3 Å². The maximum Gasteiger partial charge on any atom is 0.227 e. The Bertz CT molecular complexity index is 702. The van der Waals surface area contributed by atoms with Gasteiger partial charge >= 0.3 is 0 Å². The van der Waals surface area contributed by atoms with Crippen molar-refractivity contribution in [3.8, 4) is 5.75 Å². The van der Waals surface area contributed by atoms with Crippen molar-refractivity contribution in [2.24, 2.45) is 4.99 Å². The van der Waals surface area contributed by atoms with Crippen molar-refractivity contribution in [2.45, 2.75) is 13.3 Å². The third-order valence-electron chi connectivity index (χ3n) is 3.45. The number of guanidine groups is 1. The Morgan fingerprint density at radius 1 is 1.12 bits per heavy atom. The number of benzene rings is 1. The van der Waals surface area contributed by atoms with Crippen LogP contribution in [0.15, 0.2) is 53.7 Å². The highest BCUT2D eigenvalue weighted by Crippen LogP contribution is 2.07. The fourth-order valence-corrected chi connectivity index (χ4v) is 2.12. The van der Waals surface area contributed by atoms with Crippen LogP contribution in [0.1, 0.15) is 12.0 Å². The number of nitrogens with zero attached hydrogens (tertiary/aromatic N) is 2. The van der Waals surface area contributed by atoms with Crippen molar-refractivity contribution < 1.29 is 9.53 Å². The first-order chi connectivity index (χ1) is 12.7. The minimum absolute atomic E-state index is 0.100. The molecule has 2 rings (SSSR count). The summed E-state index contributed by atoms with van der Waals surface area (Å²) < 4.78 is 5.60. The Morgan fingerprint density at radius 2 is 1.88 bits per heavy atom. The molecule has 1 amide bonds. The minimum atomic E-state index is -0.100. The fraction of sp³-hybridized carbons (Fsp3) is 0.316. The van der Waals surface area contributed by atoms with Gasteiger partial charge in [0, 0.05) is 26.2 Å². The number of carbonyl (C=O) groups excluding carboxylic acids is 1. The number of hydrogen-bond donors (Lipinski definition) is 3. The highest BCUT2D eigenvalue weighted by atomic mass is 16.5. The average molecular weight is 355 g/mol. The number of nitrogens with one attached hydrogen (secondary N) is 3. The number of ether oxygens (including phenoxy) is 1. The van der Waals surface area contributed by atoms with Crippen LogP contribution < -0.4 is 20.7 Å². The third-order valence-corrected chi connectivity index (χ3v) is 3.45. The van der Waals surface area contributed by atoms with Crippen LogP contribution in [0, 0.1) is 6.92 Å². The lowest BCUT2D eigenvalue weighted by Crippen LogP contribution is -2.40. The molecule has 0 saturated carbocycles. The molecule has 1 aromatic carbocycles. The molecule has 0 aliphatic rings. The Morgan fingerprint density at radius 3 is 2.58 bits per heavy atom. The van der Waals surface area contributed by atoms with Gasteiger partial charge in [-0.15, -0.1) is 0 Å². The van der Waals surface area contributed by atoms with Crippen LogP contribution in [-0.4, -0.2) is 43.6 Å². The van der Waals surface area contributed by atoms with Crippen LogP contribution in [0.25, 0.3) is 0 Å². The molecule has 0 aliphatic carbocycles. The zero-order chi connectivity index (χ0) is 18.6. The molecule has 7 heteroatoms. The summed E-state index contributed by atoms with van der Waals surface area (Å²) in [6.45, 7) is 3.54. The van der Waals surface area contributed by atoms with Gasteiger partial charge in [0.25, 0.3) is 0 Å². The molecule has 7 nitrogen and oxygen atoms in total. The van der Waals surface area contributed by atoms with E-state index in [-0.39, 0.29) is 5.91 Å². The number of aliphatic imine (C=N–C) groups is 1. The van der Waals surface area contributed by atoms with Crippen LogP contribution in [0.4, 0.5) is 5.82 Å². The average Bonchev–Trinajstić information content (AvgIpc) is 2.66. The molecular formula is C19H25N5O2. The number of carbonyl (C=O) groups is 1. The smallest absolute Gasteiger partial charge is 0.227 e. The number of rotatable bonds is 8. The number of aromatic nitrogens is 1. The SMILES string of the molecule is CN=C(NCCOc1ccccc1)NCCC(=O)Nc1ccc(C)cn1. The minimum Gasteiger partial charge on any atom is -0.492 e. The van der Waals surface area contributed by atoms with E-state index in [1.807, 2.05) is 43.3 Å². The predicted molar refractivity (Wildman–Crippen MR) is 104 cm³/mol. The van der Waals surface area contributed by atoms with Gasteiger partial charge in [0.1, 0.15) is 18.2 Å². The van der Waals surface area contributed by atoms with E-state index in [1.165, 1.54) is 0 Å². The lowest BCUT2D eigenvalue weighted by molar-refractivity contribution is -0.116. The van der Waals surface area contributed by atoms with E-state index >= 15 is 0 Å². The molecule has 0 saturated heterocycles. The summed E-state index contributed by atoms with van der Waals surface area (Å²) in [5.41, 5.74) is 1.05. The summed E-state index contributed by atoms with van der Waals surface area (Å²) in [7, 11) is 1.68. The zero-order valence-electron chi connectivity index (χ0n) is 15.2. The highest BCUT2D eigenvalue weighted by Gasteiger charge is 2.04. The second-order valence-corrected chi connectivity index (χ2v) is 5.61. The molecule has 0 spiro atoms. The summed E-state index contributed by atoms with van der Waals surface area (Å²) in [6, 6.07) is 13.3. The first kappa shape index (κ1) is 19.2. The maximum absolute atomic E-state index is 11.9. The number of anilines is 1. The van der Waals surface area contributed by atoms with E-state index in [9.17, 15) is 4.79 Å². The first-order valence-corrected chi connectivity index (χ1v) is 8.52. The first-order valence-electron chi connectivity index (χ1n) is 8.52. The Kier molecular flexibility index (Phi) is 7.92. The van der Waals surface area contributed by atoms with Gasteiger partial charge in [-0.3, -0.25) is 9.79 Å². The van der Waals surface area contributed by atoms with Gasteiger partial charge in [-0.05, 0) is 30.7 Å². The van der Waals surface area contributed by atoms with Crippen LogP contribution in [0.5, 0.6) is 5.75 Å². The van der Waals surface area contributed by atoms with Crippen LogP contribution in [-0.2, 0) is 4.79 Å². The quantitative estimate of drug-likeness (QED) is 0.383. The fourth-order valence-electron chi connectivity index (χ4n) is 2.12. The molecular weight excluding hydrogens is 330 g/mol. The molecule has 0 radical (unpaired) electrons. The molecule has 0 atom stereocenters. The number of amides is 1. The second-order valence-electron chi connectivity index (χ2n) is 5.61. The van der Waals surface area contributed by atoms with E-state index in [1.54, 1.807) is 19.3 Å². The van der Waals surface area contributed by atoms with Gasteiger partial charge in [0.05, 0.1) is 6.54 Å². The van der Waals surface area contributed by atoms with E-state index in [4.69, 9.17) is 4.74 Å². The van der Waals surface area contributed by atoms with Gasteiger partial charge in [-0.2, -0.15) is 0 Å². The summed E-state index contributed by atoms with van der Waals surface area (Å²) in [5, 5.41) is 9.00. The molecule has 138 valence electrons. The van der Waals surface area contributed by atoms with E-state index in [0.29, 0.717) is 37.9 Å². The maximum atomic E-state index is 11.9. The molecule has 0 bridgehead atoms. The van der Waals surface area contributed by atoms with Crippen LogP contribution >= 0.6 is 0 Å². The molecule has 1 aromatic heterocycles. The lowest BCUT2D eigenvalue weighted by Gasteiger charge is -2.12. The van der Waals surface area contributed by atoms with Crippen LogP contribution in [0.3, 0.4) is 0 Å². The number of aryl methyl sites for hydroxylation is 1. The Balaban J connectivity index is 1.60. The Labute approximate surface area is 153 Å². The van der Waals surface area contributed by atoms with E-state index < -0.39 is 0 Å². The summed E-state index contributed by atoms with van der Waals surface area (Å²) in [5.74, 6) is 1.92. The molecule has 0 aliphatic heterocycles. The number of hydrogen-bond acceptors (Lipinski definition) is 4. The predicted octanol–water partition coefficient (Wildman–Crippen LogP) is 1.96. The van der Waals surface area contributed by atoms with Crippen molar-refractivity contribution in [1.29, 1.82) is 0 Å². The molecule has 0 unspecified atom stereocenters. The normalized spacial score (nSPS) is 10.9. The zero-order valence-corrected chi connectivity index (χ0v) is 15.2. The van der Waals surface area contributed by atoms with Crippen molar-refractivity contribution in [1.82, 2.24) is 15.6 Å². The summed E-state index contributed by atoms with van der Waals surface area (Å²) in [6.07, 6.45) is 2.04. The standard InChI is InChI=1S/C19H25N5O2/c1-15-8-9-17(23-14-15)24-18(25)10-11-21-19(20-2)22-12-13-26-16-6-4-3-5-7-16/h3-9,14H,10-13H2,1-2H3,(H2,20,21,22)(H,23,24,25). The lowest BCUT2D eigenvalue weighted by atomic mass is 10.3. The molecule has 1 heterocycles. The van der Waals surface area contributed by atoms with Gasteiger partial charge in [0.2, 0.25) is 5.91 Å².